The van der Waals surface area contributed by atoms with Crippen molar-refractivity contribution in [1.29, 1.82) is 0 Å². The van der Waals surface area contributed by atoms with Gasteiger partial charge in [-0.15, -0.1) is 0 Å². The molecule has 0 amide bonds. The second-order valence-corrected chi connectivity index (χ2v) is 10.7. The first kappa shape index (κ1) is 20.5. The van der Waals surface area contributed by atoms with Crippen molar-refractivity contribution in [1.82, 2.24) is 0 Å². The molecule has 0 heterocycles. The fourth-order valence-electron chi connectivity index (χ4n) is 4.39. The van der Waals surface area contributed by atoms with E-state index in [4.69, 9.17) is 0 Å². The van der Waals surface area contributed by atoms with Gasteiger partial charge in [-0.1, -0.05) is 97.1 Å². The minimum absolute atomic E-state index is 1.02. The highest BCUT2D eigenvalue weighted by Crippen LogP contribution is 2.32. The van der Waals surface area contributed by atoms with E-state index in [2.05, 4.69) is 117 Å². The van der Waals surface area contributed by atoms with Crippen LogP contribution in [0, 0.1) is 0 Å². The van der Waals surface area contributed by atoms with Gasteiger partial charge in [0.15, 0.2) is 0 Å². The molecule has 152 valence electrons. The molecule has 0 atom stereocenters. The summed E-state index contributed by atoms with van der Waals surface area (Å²) >= 11 is 6.69. The Morgan fingerprint density at radius 1 is 0.581 bits per heavy atom. The van der Waals surface area contributed by atoms with Gasteiger partial charge in [0.2, 0.25) is 0 Å². The summed E-state index contributed by atoms with van der Waals surface area (Å²) in [4.78, 5) is 0. The van der Waals surface area contributed by atoms with Crippen LogP contribution in [-0.4, -0.2) is 0 Å². The van der Waals surface area contributed by atoms with Crippen molar-refractivity contribution in [3.05, 3.63) is 128 Å². The Morgan fingerprint density at radius 3 is 1.29 bits per heavy atom. The molecule has 2 aliphatic rings. The Kier molecular flexibility index (Phi) is 5.93. The van der Waals surface area contributed by atoms with Gasteiger partial charge < -0.3 is 0 Å². The number of hydrogen-bond acceptors (Lipinski definition) is 0. The monoisotopic (exact) mass is 528 g/mol. The Morgan fingerprint density at radius 2 is 1.00 bits per heavy atom. The normalized spacial score (nSPS) is 14.1. The lowest BCUT2D eigenvalue weighted by molar-refractivity contribution is 1.01. The zero-order chi connectivity index (χ0) is 21.2. The predicted molar refractivity (Wildman–Crippen MR) is 141 cm³/mol. The van der Waals surface area contributed by atoms with Crippen LogP contribution in [0.4, 0.5) is 0 Å². The van der Waals surface area contributed by atoms with E-state index >= 15 is 0 Å². The van der Waals surface area contributed by atoms with E-state index in [1.807, 2.05) is 12.2 Å². The average molecular weight is 530 g/mol. The Bertz CT molecular complexity index is 1200. The number of rotatable bonds is 0. The van der Waals surface area contributed by atoms with Crippen molar-refractivity contribution in [3.8, 4) is 0 Å². The fraction of sp³-hybridized carbons (Fsp3) is 0.103. The molecule has 4 aromatic rings. The van der Waals surface area contributed by atoms with Crippen LogP contribution in [-0.2, 0) is 12.8 Å². The van der Waals surface area contributed by atoms with Crippen LogP contribution in [0.15, 0.2) is 106 Å². The molecule has 31 heavy (non-hydrogen) atoms. The van der Waals surface area contributed by atoms with Crippen LogP contribution in [0.3, 0.4) is 0 Å². The van der Waals surface area contributed by atoms with Crippen LogP contribution >= 0.6 is 31.9 Å². The maximum absolute atomic E-state index is 3.35. The molecule has 6 rings (SSSR count). The van der Waals surface area contributed by atoms with Crippen LogP contribution in [0.25, 0.3) is 21.5 Å². The molecule has 0 saturated heterocycles. The third kappa shape index (κ3) is 4.46. The Labute approximate surface area is 200 Å². The summed E-state index contributed by atoms with van der Waals surface area (Å²) in [6.07, 6.45) is 11.4. The highest BCUT2D eigenvalue weighted by molar-refractivity contribution is 9.28. The number of halogens is 2. The van der Waals surface area contributed by atoms with Crippen molar-refractivity contribution in [2.24, 2.45) is 0 Å². The molecule has 0 fully saturated rings. The molecule has 0 spiro atoms. The van der Waals surface area contributed by atoms with E-state index in [9.17, 15) is 0 Å². The first-order chi connectivity index (χ1) is 15.2. The van der Waals surface area contributed by atoms with Crippen LogP contribution < -0.4 is 0 Å². The molecule has 0 aliphatic heterocycles. The molecule has 0 saturated carbocycles. The van der Waals surface area contributed by atoms with Crippen LogP contribution in [0.2, 0.25) is 0 Å². The first-order valence-electron chi connectivity index (χ1n) is 10.6. The summed E-state index contributed by atoms with van der Waals surface area (Å²) in [6, 6.07) is 26.9. The zero-order valence-electron chi connectivity index (χ0n) is 17.1. The molecule has 2 heteroatoms. The Hall–Kier alpha value is -2.42. The summed E-state index contributed by atoms with van der Waals surface area (Å²) in [5.74, 6) is 0. The van der Waals surface area contributed by atoms with Crippen molar-refractivity contribution in [3.63, 3.8) is 0 Å². The van der Waals surface area contributed by atoms with Gasteiger partial charge in [0.25, 0.3) is 0 Å². The van der Waals surface area contributed by atoms with Gasteiger partial charge >= 0.3 is 0 Å². The average Bonchev–Trinajstić information content (AvgIpc) is 2.81. The van der Waals surface area contributed by atoms with Crippen LogP contribution in [0.5, 0.6) is 0 Å². The van der Waals surface area contributed by atoms with Gasteiger partial charge in [0, 0.05) is 0 Å². The fourth-order valence-corrected chi connectivity index (χ4v) is 4.98. The summed E-state index contributed by atoms with van der Waals surface area (Å²) in [6.45, 7) is 0. The van der Waals surface area contributed by atoms with Crippen molar-refractivity contribution in [2.45, 2.75) is 19.3 Å². The van der Waals surface area contributed by atoms with Crippen molar-refractivity contribution >= 4 is 53.4 Å². The molecule has 0 nitrogen and oxygen atoms in total. The van der Waals surface area contributed by atoms with E-state index < -0.39 is 0 Å². The van der Waals surface area contributed by atoms with Crippen LogP contribution in [0.1, 0.15) is 28.7 Å². The Balaban J connectivity index is 0.000000192. The summed E-state index contributed by atoms with van der Waals surface area (Å²) in [7, 11) is 0. The van der Waals surface area contributed by atoms with Gasteiger partial charge in [-0.05, 0) is 100 Å². The largest absolute Gasteiger partial charge is 0.0801 e. The maximum Gasteiger partial charge on any atom is 0.0639 e. The second kappa shape index (κ2) is 8.98. The van der Waals surface area contributed by atoms with E-state index in [1.165, 1.54) is 49.4 Å². The van der Waals surface area contributed by atoms with E-state index in [0.29, 0.717) is 0 Å². The molecular weight excluding hydrogens is 508 g/mol. The van der Waals surface area contributed by atoms with Gasteiger partial charge in [0.05, 0.1) is 3.39 Å². The number of hydrogen-bond donors (Lipinski definition) is 0. The summed E-state index contributed by atoms with van der Waals surface area (Å²) in [5, 5.41) is 5.41. The third-order valence-electron chi connectivity index (χ3n) is 6.02. The third-order valence-corrected chi connectivity index (χ3v) is 7.04. The first-order valence-corrected chi connectivity index (χ1v) is 12.1. The lowest BCUT2D eigenvalue weighted by Crippen LogP contribution is -2.07. The minimum atomic E-state index is 1.02. The molecule has 2 aliphatic carbocycles. The number of fused-ring (bicyclic) bond motifs is 4. The zero-order valence-corrected chi connectivity index (χ0v) is 20.3. The SMILES string of the molecule is BrC(Br)=C1C=CC=CC1.c1ccc2cc3c(cc2c1)Cc1cc2ccccc2cc1C3. The summed E-state index contributed by atoms with van der Waals surface area (Å²) < 4.78 is 1.05. The standard InChI is InChI=1S/C22H16.C7H6Br2/c1-2-6-16-10-20-14-22-12-18-8-4-3-7-17(18)11-21(22)13-19(20)9-15(16)5-1;8-7(9)6-4-2-1-3-5-6/h1-12H,13-14H2;1-4H,5H2. The maximum atomic E-state index is 3.35. The van der Waals surface area contributed by atoms with Gasteiger partial charge in [-0.25, -0.2) is 0 Å². The number of allylic oxidation sites excluding steroid dienone is 5. The molecule has 4 aromatic carbocycles. The van der Waals surface area contributed by atoms with Crippen molar-refractivity contribution < 1.29 is 0 Å². The topological polar surface area (TPSA) is 0 Å². The molecule has 0 unspecified atom stereocenters. The van der Waals surface area contributed by atoms with E-state index in [1.54, 1.807) is 0 Å². The second-order valence-electron chi connectivity index (χ2n) is 8.07. The highest BCUT2D eigenvalue weighted by Gasteiger charge is 2.16. The molecule has 0 N–H and O–H groups in total. The molecule has 0 bridgehead atoms. The highest BCUT2D eigenvalue weighted by atomic mass is 79.9. The molecule has 0 radical (unpaired) electrons. The quantitative estimate of drug-likeness (QED) is 0.188. The number of benzene rings is 4. The van der Waals surface area contributed by atoms with Gasteiger partial charge in [-0.2, -0.15) is 0 Å². The molecule has 0 aromatic heterocycles. The smallest absolute Gasteiger partial charge is 0.0639 e. The summed E-state index contributed by atoms with van der Waals surface area (Å²) in [5.41, 5.74) is 7.24. The predicted octanol–water partition coefficient (Wildman–Crippen LogP) is 8.99. The minimum Gasteiger partial charge on any atom is -0.0801 e. The lowest BCUT2D eigenvalue weighted by Gasteiger charge is -2.21. The van der Waals surface area contributed by atoms with E-state index in [0.717, 1.165) is 22.7 Å². The van der Waals surface area contributed by atoms with E-state index in [-0.39, 0.29) is 0 Å². The van der Waals surface area contributed by atoms with Gasteiger partial charge in [0.1, 0.15) is 0 Å². The van der Waals surface area contributed by atoms with Gasteiger partial charge in [-0.3, -0.25) is 0 Å². The van der Waals surface area contributed by atoms with Crippen molar-refractivity contribution in [2.75, 3.05) is 0 Å². The lowest BCUT2D eigenvalue weighted by atomic mass is 9.83. The molecular formula is C29H22Br2.